The number of carbonyl (C=O) groups is 2. The van der Waals surface area contributed by atoms with Crippen LogP contribution in [0, 0.1) is 0 Å². The van der Waals surface area contributed by atoms with Crippen molar-refractivity contribution in [2.75, 3.05) is 6.67 Å². The summed E-state index contributed by atoms with van der Waals surface area (Å²) in [5.41, 5.74) is 0.0266. The first-order valence-corrected chi connectivity index (χ1v) is 12.0. The molecule has 3 heterocycles. The second kappa shape index (κ2) is 8.26. The van der Waals surface area contributed by atoms with Gasteiger partial charge in [0.2, 0.25) is 5.72 Å². The van der Waals surface area contributed by atoms with Gasteiger partial charge in [0.05, 0.1) is 12.7 Å². The van der Waals surface area contributed by atoms with Gasteiger partial charge in [-0.2, -0.15) is 0 Å². The predicted octanol–water partition coefficient (Wildman–Crippen LogP) is 2.93. The Balaban J connectivity index is 1.78. The van der Waals surface area contributed by atoms with E-state index in [0.717, 1.165) is 27.8 Å². The number of aliphatic carboxylic acids is 1. The van der Waals surface area contributed by atoms with Gasteiger partial charge < -0.3 is 20.2 Å². The molecular weight excluding hydrogens is 454 g/mol. The van der Waals surface area contributed by atoms with Crippen LogP contribution in [-0.4, -0.2) is 67.7 Å². The molecular formula is C25H25N3O5S. The van der Waals surface area contributed by atoms with Gasteiger partial charge in [-0.25, -0.2) is 9.69 Å². The van der Waals surface area contributed by atoms with Crippen LogP contribution in [0.25, 0.3) is 0 Å². The monoisotopic (exact) mass is 479 g/mol. The minimum absolute atomic E-state index is 0.0199. The van der Waals surface area contributed by atoms with Gasteiger partial charge in [0, 0.05) is 22.9 Å². The van der Waals surface area contributed by atoms with Crippen LogP contribution in [-0.2, 0) is 15.3 Å². The van der Waals surface area contributed by atoms with Crippen molar-refractivity contribution in [3.63, 3.8) is 0 Å². The molecule has 0 radical (unpaired) electrons. The van der Waals surface area contributed by atoms with Gasteiger partial charge in [-0.15, -0.1) is 11.8 Å². The molecule has 9 heteroatoms. The number of hydrogen-bond donors (Lipinski definition) is 3. The number of rotatable bonds is 3. The molecule has 2 aromatic carbocycles. The lowest BCUT2D eigenvalue weighted by Gasteiger charge is -2.54. The number of dihydropyridines is 1. The zero-order chi connectivity index (χ0) is 24.2. The van der Waals surface area contributed by atoms with Gasteiger partial charge in [-0.05, 0) is 36.6 Å². The standard InChI is InChI=1S/C25H25N3O5S/c1-14(2)27-13-28(25(33)21(23(27)30)26-11-18(22(25)29)24(31)32)20-16-8-4-3-7-15(16)12-34-19-10-6-5-9-17(19)20/h3-11,14,20-21,29,33H,12-13H2,1-2H3,(H,31,32). The van der Waals surface area contributed by atoms with E-state index in [1.807, 2.05) is 62.4 Å². The summed E-state index contributed by atoms with van der Waals surface area (Å²) in [7, 11) is 0. The number of aliphatic hydroxyl groups is 2. The summed E-state index contributed by atoms with van der Waals surface area (Å²) in [5, 5.41) is 32.9. The lowest BCUT2D eigenvalue weighted by molar-refractivity contribution is -0.197. The molecule has 1 saturated heterocycles. The van der Waals surface area contributed by atoms with E-state index >= 15 is 0 Å². The van der Waals surface area contributed by atoms with E-state index in [0.29, 0.717) is 5.75 Å². The fraction of sp³-hybridized carbons (Fsp3) is 0.320. The van der Waals surface area contributed by atoms with Crippen molar-refractivity contribution >= 4 is 29.9 Å². The van der Waals surface area contributed by atoms with Crippen LogP contribution >= 0.6 is 11.8 Å². The van der Waals surface area contributed by atoms with Crippen LogP contribution in [0.4, 0.5) is 0 Å². The summed E-state index contributed by atoms with van der Waals surface area (Å²) in [4.78, 5) is 33.6. The topological polar surface area (TPSA) is 114 Å². The Hall–Kier alpha value is -3.14. The second-order valence-corrected chi connectivity index (χ2v) is 9.93. The number of thioether (sulfide) groups is 1. The molecule has 3 aliphatic rings. The molecule has 0 bridgehead atoms. The normalized spacial score (nSPS) is 26.7. The molecule has 0 aromatic heterocycles. The summed E-state index contributed by atoms with van der Waals surface area (Å²) in [5.74, 6) is -1.95. The summed E-state index contributed by atoms with van der Waals surface area (Å²) in [6.07, 6.45) is 0.960. The van der Waals surface area contributed by atoms with Crippen molar-refractivity contribution in [2.45, 2.75) is 48.3 Å². The highest BCUT2D eigenvalue weighted by Crippen LogP contribution is 2.48. The number of aliphatic hydroxyl groups excluding tert-OH is 1. The third-order valence-corrected chi connectivity index (χ3v) is 7.85. The van der Waals surface area contributed by atoms with Gasteiger partial charge in [0.15, 0.2) is 11.8 Å². The highest BCUT2D eigenvalue weighted by Gasteiger charge is 2.60. The Labute approximate surface area is 201 Å². The van der Waals surface area contributed by atoms with E-state index in [1.165, 1.54) is 0 Å². The maximum atomic E-state index is 13.4. The highest BCUT2D eigenvalue weighted by atomic mass is 32.2. The maximum absolute atomic E-state index is 13.4. The Morgan fingerprint density at radius 3 is 2.53 bits per heavy atom. The van der Waals surface area contributed by atoms with Gasteiger partial charge in [-0.3, -0.25) is 9.79 Å². The smallest absolute Gasteiger partial charge is 0.340 e. The molecule has 5 rings (SSSR count). The van der Waals surface area contributed by atoms with Crippen molar-refractivity contribution < 1.29 is 24.9 Å². The zero-order valence-corrected chi connectivity index (χ0v) is 19.6. The van der Waals surface area contributed by atoms with E-state index in [2.05, 4.69) is 4.99 Å². The first kappa shape index (κ1) is 22.6. The van der Waals surface area contributed by atoms with Crippen LogP contribution < -0.4 is 0 Å². The molecule has 3 unspecified atom stereocenters. The van der Waals surface area contributed by atoms with E-state index in [-0.39, 0.29) is 12.7 Å². The fourth-order valence-electron chi connectivity index (χ4n) is 4.95. The lowest BCUT2D eigenvalue weighted by atomic mass is 9.85. The Bertz CT molecular complexity index is 1200. The van der Waals surface area contributed by atoms with Crippen molar-refractivity contribution in [2.24, 2.45) is 4.99 Å². The molecule has 34 heavy (non-hydrogen) atoms. The molecule has 1 fully saturated rings. The first-order chi connectivity index (χ1) is 16.2. The number of fused-ring (bicyclic) bond motifs is 3. The average Bonchev–Trinajstić information content (AvgIpc) is 2.97. The number of nitrogens with zero attached hydrogens (tertiary/aromatic N) is 3. The quantitative estimate of drug-likeness (QED) is 0.620. The Kier molecular flexibility index (Phi) is 5.50. The third kappa shape index (κ3) is 3.26. The van der Waals surface area contributed by atoms with E-state index < -0.39 is 41.0 Å². The van der Waals surface area contributed by atoms with Crippen molar-refractivity contribution in [1.82, 2.24) is 9.80 Å². The van der Waals surface area contributed by atoms with Crippen molar-refractivity contribution in [1.29, 1.82) is 0 Å². The number of aliphatic imine (C=N–C) groups is 1. The maximum Gasteiger partial charge on any atom is 0.340 e. The fourth-order valence-corrected chi connectivity index (χ4v) is 6.05. The van der Waals surface area contributed by atoms with Crippen LogP contribution in [0.15, 0.2) is 69.8 Å². The summed E-state index contributed by atoms with van der Waals surface area (Å²) < 4.78 is 0. The number of amides is 1. The van der Waals surface area contributed by atoms with E-state index in [9.17, 15) is 24.9 Å². The number of carboxylic acids is 1. The van der Waals surface area contributed by atoms with Crippen LogP contribution in [0.1, 0.15) is 36.6 Å². The highest BCUT2D eigenvalue weighted by molar-refractivity contribution is 7.98. The number of hydrogen-bond acceptors (Lipinski definition) is 7. The molecule has 176 valence electrons. The minimum atomic E-state index is -2.33. The predicted molar refractivity (Wildman–Crippen MR) is 127 cm³/mol. The van der Waals surface area contributed by atoms with Crippen molar-refractivity contribution in [3.05, 3.63) is 76.6 Å². The van der Waals surface area contributed by atoms with E-state index in [1.54, 1.807) is 21.6 Å². The van der Waals surface area contributed by atoms with Gasteiger partial charge >= 0.3 is 5.97 Å². The number of carbonyl (C=O) groups excluding carboxylic acids is 1. The summed E-state index contributed by atoms with van der Waals surface area (Å²) >= 11 is 1.68. The SMILES string of the molecule is CC(C)N1CN(C2c3ccccc3CSc3ccccc32)C2(O)C(O)=C(C(=O)O)C=NC2C1=O. The first-order valence-electron chi connectivity index (χ1n) is 11.0. The van der Waals surface area contributed by atoms with Crippen molar-refractivity contribution in [3.8, 4) is 0 Å². The van der Waals surface area contributed by atoms with Crippen LogP contribution in [0.5, 0.6) is 0 Å². The molecule has 1 amide bonds. The second-order valence-electron chi connectivity index (χ2n) is 8.92. The van der Waals surface area contributed by atoms with E-state index in [4.69, 9.17) is 0 Å². The third-order valence-electron chi connectivity index (χ3n) is 6.71. The molecule has 2 aromatic rings. The zero-order valence-electron chi connectivity index (χ0n) is 18.8. The largest absolute Gasteiger partial charge is 0.507 e. The molecule has 0 saturated carbocycles. The summed E-state index contributed by atoms with van der Waals surface area (Å²) in [6.45, 7) is 3.72. The molecule has 8 nitrogen and oxygen atoms in total. The van der Waals surface area contributed by atoms with Crippen LogP contribution in [0.2, 0.25) is 0 Å². The molecule has 3 aliphatic heterocycles. The Morgan fingerprint density at radius 1 is 1.15 bits per heavy atom. The molecule has 0 spiro atoms. The molecule has 3 N–H and O–H groups in total. The van der Waals surface area contributed by atoms with Gasteiger partial charge in [-0.1, -0.05) is 42.5 Å². The Morgan fingerprint density at radius 2 is 1.82 bits per heavy atom. The van der Waals surface area contributed by atoms with Crippen LogP contribution in [0.3, 0.4) is 0 Å². The lowest BCUT2D eigenvalue weighted by Crippen LogP contribution is -2.72. The van der Waals surface area contributed by atoms with Gasteiger partial charge in [0.25, 0.3) is 5.91 Å². The molecule has 3 atom stereocenters. The minimum Gasteiger partial charge on any atom is -0.507 e. The summed E-state index contributed by atoms with van der Waals surface area (Å²) in [6, 6.07) is 13.5. The molecule has 0 aliphatic carbocycles. The average molecular weight is 480 g/mol. The number of carboxylic acid groups (broad SMARTS) is 1. The van der Waals surface area contributed by atoms with Gasteiger partial charge in [0.1, 0.15) is 5.57 Å². The number of benzene rings is 2.